The van der Waals surface area contributed by atoms with Crippen LogP contribution in [0, 0.1) is 6.92 Å². The van der Waals surface area contributed by atoms with Crippen LogP contribution < -0.4 is 4.90 Å². The molecule has 0 N–H and O–H groups in total. The summed E-state index contributed by atoms with van der Waals surface area (Å²) in [4.78, 5) is 36.8. The maximum atomic E-state index is 12.4. The van der Waals surface area contributed by atoms with Crippen molar-refractivity contribution in [3.05, 3.63) is 16.3 Å². The number of carbonyl (C=O) groups excluding carboxylic acids is 2. The number of piperidine rings is 1. The molecule has 0 amide bonds. The molecule has 0 radical (unpaired) electrons. The van der Waals surface area contributed by atoms with E-state index in [1.807, 2.05) is 6.92 Å². The van der Waals surface area contributed by atoms with Crippen LogP contribution in [0.1, 0.15) is 40.8 Å². The van der Waals surface area contributed by atoms with E-state index >= 15 is 0 Å². The molecule has 0 bridgehead atoms. The number of methoxy groups -OCH3 is 1. The number of esters is 2. The van der Waals surface area contributed by atoms with Crippen molar-refractivity contribution in [2.24, 2.45) is 0 Å². The molecule has 30 heavy (non-hydrogen) atoms. The van der Waals surface area contributed by atoms with Crippen molar-refractivity contribution >= 4 is 39.3 Å². The molecule has 2 aromatic rings. The molecule has 0 aliphatic carbocycles. The lowest BCUT2D eigenvalue weighted by Crippen LogP contribution is -2.45. The minimum Gasteiger partial charge on any atom is -0.469 e. The Morgan fingerprint density at radius 3 is 2.53 bits per heavy atom. The molecule has 0 aromatic carbocycles. The monoisotopic (exact) mass is 435 g/mol. The number of carbonyl (C=O) groups is 2. The summed E-state index contributed by atoms with van der Waals surface area (Å²) in [6.45, 7) is 6.57. The Labute approximate surface area is 178 Å². The van der Waals surface area contributed by atoms with Gasteiger partial charge in [0.15, 0.2) is 5.79 Å². The summed E-state index contributed by atoms with van der Waals surface area (Å²) in [6.07, 6.45) is 1.41. The van der Waals surface area contributed by atoms with E-state index in [0.29, 0.717) is 48.4 Å². The maximum Gasteiger partial charge on any atom is 0.348 e. The largest absolute Gasteiger partial charge is 0.469 e. The lowest BCUT2D eigenvalue weighted by atomic mass is 10.0. The number of aryl methyl sites for hydroxylation is 1. The van der Waals surface area contributed by atoms with Crippen LogP contribution in [-0.4, -0.2) is 67.7 Å². The number of rotatable bonds is 5. The molecule has 2 aliphatic rings. The molecule has 4 heterocycles. The lowest BCUT2D eigenvalue weighted by Gasteiger charge is -2.38. The Bertz CT molecular complexity index is 959. The minimum absolute atomic E-state index is 0.0326. The second-order valence-electron chi connectivity index (χ2n) is 7.27. The summed E-state index contributed by atoms with van der Waals surface area (Å²) in [5, 5.41) is 0.820. The number of aromatic nitrogens is 2. The van der Waals surface area contributed by atoms with Crippen LogP contribution >= 0.6 is 11.3 Å². The molecule has 2 aliphatic heterocycles. The fraction of sp³-hybridized carbons (Fsp3) is 0.600. The third-order valence-corrected chi connectivity index (χ3v) is 6.61. The number of nitrogens with zero attached hydrogens (tertiary/aromatic N) is 3. The highest BCUT2D eigenvalue weighted by molar-refractivity contribution is 7.20. The molecule has 162 valence electrons. The van der Waals surface area contributed by atoms with Crippen LogP contribution in [0.5, 0.6) is 0 Å². The number of hydrogen-bond donors (Lipinski definition) is 0. The number of anilines is 1. The fourth-order valence-electron chi connectivity index (χ4n) is 3.91. The summed E-state index contributed by atoms with van der Waals surface area (Å²) < 4.78 is 21.6. The van der Waals surface area contributed by atoms with Crippen LogP contribution in [-0.2, 0) is 30.2 Å². The van der Waals surface area contributed by atoms with Crippen molar-refractivity contribution in [1.29, 1.82) is 0 Å². The highest BCUT2D eigenvalue weighted by Crippen LogP contribution is 2.39. The second kappa shape index (κ2) is 8.44. The van der Waals surface area contributed by atoms with Gasteiger partial charge in [0.2, 0.25) is 0 Å². The number of hydrogen-bond acceptors (Lipinski definition) is 10. The molecular formula is C20H25N3O6S. The molecule has 0 atom stereocenters. The van der Waals surface area contributed by atoms with Crippen LogP contribution in [0.15, 0.2) is 0 Å². The first-order valence-corrected chi connectivity index (χ1v) is 10.8. The molecule has 2 fully saturated rings. The first-order chi connectivity index (χ1) is 14.5. The highest BCUT2D eigenvalue weighted by atomic mass is 32.1. The first kappa shape index (κ1) is 21.0. The second-order valence-corrected chi connectivity index (χ2v) is 8.27. The van der Waals surface area contributed by atoms with Gasteiger partial charge in [-0.15, -0.1) is 11.3 Å². The Morgan fingerprint density at radius 1 is 1.20 bits per heavy atom. The van der Waals surface area contributed by atoms with E-state index in [1.165, 1.54) is 18.4 Å². The average molecular weight is 436 g/mol. The fourth-order valence-corrected chi connectivity index (χ4v) is 4.99. The summed E-state index contributed by atoms with van der Waals surface area (Å²) in [6, 6.07) is 0. The highest BCUT2D eigenvalue weighted by Gasteiger charge is 2.40. The van der Waals surface area contributed by atoms with Crippen molar-refractivity contribution < 1.29 is 28.5 Å². The molecule has 2 saturated heterocycles. The Morgan fingerprint density at radius 2 is 1.90 bits per heavy atom. The van der Waals surface area contributed by atoms with Crippen LogP contribution in [0.4, 0.5) is 5.82 Å². The van der Waals surface area contributed by atoms with E-state index in [4.69, 9.17) is 23.9 Å². The van der Waals surface area contributed by atoms with E-state index in [1.54, 1.807) is 6.92 Å². The minimum atomic E-state index is -0.503. The van der Waals surface area contributed by atoms with E-state index in [-0.39, 0.29) is 12.4 Å². The summed E-state index contributed by atoms with van der Waals surface area (Å²) in [7, 11) is 1.33. The van der Waals surface area contributed by atoms with Gasteiger partial charge in [-0.2, -0.15) is 0 Å². The van der Waals surface area contributed by atoms with Crippen molar-refractivity contribution in [2.75, 3.05) is 44.9 Å². The van der Waals surface area contributed by atoms with Crippen LogP contribution in [0.3, 0.4) is 0 Å². The Hall–Kier alpha value is -2.30. The van der Waals surface area contributed by atoms with E-state index < -0.39 is 11.8 Å². The molecule has 0 unspecified atom stereocenters. The van der Waals surface area contributed by atoms with Gasteiger partial charge in [-0.1, -0.05) is 0 Å². The third-order valence-electron chi connectivity index (χ3n) is 5.45. The molecular weight excluding hydrogens is 410 g/mol. The van der Waals surface area contributed by atoms with Gasteiger partial charge in [0.25, 0.3) is 0 Å². The van der Waals surface area contributed by atoms with Gasteiger partial charge < -0.3 is 23.8 Å². The number of thiophene rings is 1. The SMILES string of the molecule is CCOC(=O)c1sc2nc(CC(=O)OC)nc(N3CCC4(CC3)OCCO4)c2c1C. The molecule has 1 spiro atoms. The maximum absolute atomic E-state index is 12.4. The summed E-state index contributed by atoms with van der Waals surface area (Å²) >= 11 is 1.26. The Balaban J connectivity index is 1.73. The van der Waals surface area contributed by atoms with Gasteiger partial charge in [0.1, 0.15) is 27.8 Å². The number of ether oxygens (including phenoxy) is 4. The molecule has 4 rings (SSSR count). The Kier molecular flexibility index (Phi) is 5.90. The zero-order valence-corrected chi connectivity index (χ0v) is 18.2. The van der Waals surface area contributed by atoms with Crippen molar-refractivity contribution in [3.63, 3.8) is 0 Å². The topological polar surface area (TPSA) is 100 Å². The zero-order valence-electron chi connectivity index (χ0n) is 17.4. The van der Waals surface area contributed by atoms with Crippen LogP contribution in [0.2, 0.25) is 0 Å². The van der Waals surface area contributed by atoms with Crippen molar-refractivity contribution in [2.45, 2.75) is 38.9 Å². The normalized spacial score (nSPS) is 18.2. The average Bonchev–Trinajstić information content (AvgIpc) is 3.33. The first-order valence-electron chi connectivity index (χ1n) is 10.0. The van der Waals surface area contributed by atoms with E-state index in [0.717, 1.165) is 29.6 Å². The summed E-state index contributed by atoms with van der Waals surface area (Å²) in [5.74, 6) is -0.198. The predicted molar refractivity (Wildman–Crippen MR) is 110 cm³/mol. The smallest absolute Gasteiger partial charge is 0.348 e. The van der Waals surface area contributed by atoms with Gasteiger partial charge in [0.05, 0.1) is 32.3 Å². The lowest BCUT2D eigenvalue weighted by molar-refractivity contribution is -0.169. The van der Waals surface area contributed by atoms with Crippen LogP contribution in [0.25, 0.3) is 10.2 Å². The number of fused-ring (bicyclic) bond motifs is 1. The van der Waals surface area contributed by atoms with Gasteiger partial charge >= 0.3 is 11.9 Å². The predicted octanol–water partition coefficient (Wildman–Crippen LogP) is 2.24. The molecule has 0 saturated carbocycles. The van der Waals surface area contributed by atoms with Gasteiger partial charge in [-0.3, -0.25) is 4.79 Å². The molecule has 2 aromatic heterocycles. The molecule has 10 heteroatoms. The van der Waals surface area contributed by atoms with Crippen molar-refractivity contribution in [3.8, 4) is 0 Å². The molecule has 9 nitrogen and oxygen atoms in total. The van der Waals surface area contributed by atoms with Crippen molar-refractivity contribution in [1.82, 2.24) is 9.97 Å². The van der Waals surface area contributed by atoms with Gasteiger partial charge in [-0.25, -0.2) is 14.8 Å². The zero-order chi connectivity index (χ0) is 21.3. The third kappa shape index (κ3) is 3.86. The van der Waals surface area contributed by atoms with E-state index in [2.05, 4.69) is 9.88 Å². The van der Waals surface area contributed by atoms with Gasteiger partial charge in [0, 0.05) is 25.9 Å². The quantitative estimate of drug-likeness (QED) is 0.655. The summed E-state index contributed by atoms with van der Waals surface area (Å²) in [5.41, 5.74) is 0.793. The van der Waals surface area contributed by atoms with Gasteiger partial charge in [-0.05, 0) is 19.4 Å². The van der Waals surface area contributed by atoms with E-state index in [9.17, 15) is 9.59 Å². The standard InChI is InChI=1S/C20H25N3O6S/c1-4-27-19(25)16-12(2)15-17(21-13(11-14(24)26-3)22-18(15)30-16)23-7-5-20(6-8-23)28-9-10-29-20/h4-11H2,1-3H3.